The van der Waals surface area contributed by atoms with Gasteiger partial charge in [0.15, 0.2) is 0 Å². The molecule has 0 N–H and O–H groups in total. The summed E-state index contributed by atoms with van der Waals surface area (Å²) in [5.41, 5.74) is 36.9. The predicted octanol–water partition coefficient (Wildman–Crippen LogP) is 23.7. The minimum Gasteiger partial charge on any atom is -1.00 e. The molecule has 4 unspecified atom stereocenters. The van der Waals surface area contributed by atoms with Crippen molar-refractivity contribution >= 4 is 40.5 Å². The minimum atomic E-state index is -2.09. The van der Waals surface area contributed by atoms with Crippen LogP contribution in [0.15, 0.2) is 192 Å². The second-order valence-electron chi connectivity index (χ2n) is 39.1. The molecule has 0 radical (unpaired) electrons. The third kappa shape index (κ3) is 20.2. The maximum atomic E-state index is 6.08. The van der Waals surface area contributed by atoms with Crippen LogP contribution in [-0.2, 0) is 57.3 Å². The van der Waals surface area contributed by atoms with Gasteiger partial charge in [-0.05, 0) is 215 Å². The van der Waals surface area contributed by atoms with E-state index in [2.05, 4.69) is 360 Å². The number of allylic oxidation sites excluding steroid dienone is 4. The standard InChI is InChI=1S/2C51H66OSi.2ClH.Zr/c2*1-35-33-45-41(37-23-27-39(28-24-37)49(3,4)5)19-17-21-43(45)47(35)53(12,32-16-14-13-15-31-52-51(9,10)11)48-36(2)34-46-42(20-18-22-44(46)48)38-25-29-40(30-26-38)50(6,7)8;;;/h2*17-30,33-34,47-48H,13-16,31-32H2,1-12H3;2*1H;/q;;;;+2/p-2. The molecule has 0 spiro atoms. The fraction of sp³-hybridized carbons (Fsp3) is 0.451. The molecule has 0 fully saturated rings. The van der Waals surface area contributed by atoms with Gasteiger partial charge in [-0.1, -0.05) is 363 Å². The maximum Gasteiger partial charge on any atom is 2.00 e. The third-order valence-corrected chi connectivity index (χ3v) is 35.5. The summed E-state index contributed by atoms with van der Waals surface area (Å²) in [4.78, 5) is 0. The van der Waals surface area contributed by atoms with E-state index in [1.54, 1.807) is 44.5 Å². The number of ether oxygens (including phenoxy) is 2. The van der Waals surface area contributed by atoms with E-state index in [-0.39, 0.29) is 83.9 Å². The number of fused-ring (bicyclic) bond motifs is 4. The Labute approximate surface area is 695 Å². The van der Waals surface area contributed by atoms with Crippen molar-refractivity contribution in [3.63, 3.8) is 0 Å². The van der Waals surface area contributed by atoms with Gasteiger partial charge in [-0.15, -0.1) is 0 Å². The van der Waals surface area contributed by atoms with Crippen LogP contribution in [0.1, 0.15) is 293 Å². The largest absolute Gasteiger partial charge is 2.00 e. The zero-order valence-corrected chi connectivity index (χ0v) is 77.3. The molecule has 4 aliphatic rings. The topological polar surface area (TPSA) is 18.5 Å². The molecule has 4 aliphatic carbocycles. The van der Waals surface area contributed by atoms with Gasteiger partial charge in [0.25, 0.3) is 0 Å². The van der Waals surface area contributed by atoms with E-state index in [9.17, 15) is 0 Å². The summed E-state index contributed by atoms with van der Waals surface area (Å²) in [6, 6.07) is 68.7. The SMILES string of the molecule is CC1=Cc2c(-c3ccc(C(C)(C)C)cc3)cccc2C1[Si](C)(CCCCCCOC(C)(C)C)C1C(C)=Cc2c(-c3ccc(C(C)(C)C)cc3)cccc21.CC1=Cc2c(-c3ccc(C(C)(C)C)cc3)cccc2C1[Si](C)(CCCCCCOC(C)(C)C)C1C(C)=Cc2c(-c3ccc(C(C)(C)C)cc3)cccc21.[Cl-].[Cl-].[Zr+2]. The van der Waals surface area contributed by atoms with E-state index in [0.717, 1.165) is 26.1 Å². The Balaban J connectivity index is 0.000000267. The van der Waals surface area contributed by atoms with E-state index < -0.39 is 16.1 Å². The summed E-state index contributed by atoms with van der Waals surface area (Å²) in [5.74, 6) is 0. The number of hydrogen-bond donors (Lipinski definition) is 0. The summed E-state index contributed by atoms with van der Waals surface area (Å²) in [7, 11) is -4.19. The Hall–Kier alpha value is -5.46. The maximum absolute atomic E-state index is 6.08. The van der Waals surface area contributed by atoms with Gasteiger partial charge in [0.05, 0.1) is 27.3 Å². The van der Waals surface area contributed by atoms with Crippen molar-refractivity contribution in [2.45, 2.75) is 284 Å². The molecule has 0 aliphatic heterocycles. The number of halogens is 2. The first kappa shape index (κ1) is 89.1. The van der Waals surface area contributed by atoms with Gasteiger partial charge in [-0.3, -0.25) is 0 Å². The quantitative estimate of drug-likeness (QED) is 0.0497. The zero-order chi connectivity index (χ0) is 76.7. The van der Waals surface area contributed by atoms with Gasteiger partial charge in [-0.2, -0.15) is 0 Å². The molecule has 0 saturated carbocycles. The van der Waals surface area contributed by atoms with E-state index in [1.807, 2.05) is 0 Å². The first-order chi connectivity index (χ1) is 49.8. The Kier molecular flexibility index (Phi) is 29.0. The van der Waals surface area contributed by atoms with Gasteiger partial charge in [-0.25, -0.2) is 0 Å². The smallest absolute Gasteiger partial charge is 1.00 e. The first-order valence-corrected chi connectivity index (χ1v) is 46.5. The predicted molar refractivity (Wildman–Crippen MR) is 469 cm³/mol. The van der Waals surface area contributed by atoms with E-state index in [4.69, 9.17) is 9.47 Å². The molecule has 0 bridgehead atoms. The van der Waals surface area contributed by atoms with Crippen LogP contribution in [0, 0.1) is 0 Å². The van der Waals surface area contributed by atoms with Gasteiger partial charge in [0.2, 0.25) is 0 Å². The zero-order valence-electron chi connectivity index (χ0n) is 71.3. The monoisotopic (exact) mass is 1600 g/mol. The van der Waals surface area contributed by atoms with Crippen molar-refractivity contribution in [2.24, 2.45) is 0 Å². The number of hydrogen-bond acceptors (Lipinski definition) is 2. The van der Waals surface area contributed by atoms with Crippen molar-refractivity contribution in [2.75, 3.05) is 13.2 Å². The molecular weight excluding hydrogens is 1480 g/mol. The van der Waals surface area contributed by atoms with Crippen molar-refractivity contribution in [1.29, 1.82) is 0 Å². The Morgan fingerprint density at radius 2 is 0.477 bits per heavy atom. The summed E-state index contributed by atoms with van der Waals surface area (Å²) < 4.78 is 12.2. The van der Waals surface area contributed by atoms with Gasteiger partial charge in [0.1, 0.15) is 0 Å². The molecule has 578 valence electrons. The number of unbranched alkanes of at least 4 members (excludes halogenated alkanes) is 6. The average Bonchev–Trinajstić information content (AvgIpc) is 1.59. The molecule has 4 atom stereocenters. The molecule has 7 heteroatoms. The molecule has 0 amide bonds. The summed E-state index contributed by atoms with van der Waals surface area (Å²) >= 11 is 0. The second-order valence-corrected chi connectivity index (χ2v) is 48.4. The molecule has 8 aromatic carbocycles. The van der Waals surface area contributed by atoms with Crippen LogP contribution in [0.5, 0.6) is 0 Å². The van der Waals surface area contributed by atoms with Crippen molar-refractivity contribution < 1.29 is 60.5 Å². The molecule has 2 nitrogen and oxygen atoms in total. The molecular formula is C102H132Cl2O2Si2Zr. The van der Waals surface area contributed by atoms with Crippen molar-refractivity contribution in [3.05, 3.63) is 259 Å². The first-order valence-electron chi connectivity index (χ1n) is 40.7. The Morgan fingerprint density at radius 1 is 0.275 bits per heavy atom. The summed E-state index contributed by atoms with van der Waals surface area (Å²) in [6.45, 7) is 57.5. The van der Waals surface area contributed by atoms with Crippen LogP contribution >= 0.6 is 0 Å². The average molecular weight is 1610 g/mol. The fourth-order valence-electron chi connectivity index (χ4n) is 18.9. The normalized spacial score (nSPS) is 17.8. The van der Waals surface area contributed by atoms with E-state index in [0.29, 0.717) is 22.2 Å². The molecule has 12 rings (SSSR count). The molecule has 8 aromatic rings. The molecule has 0 aromatic heterocycles. The number of rotatable bonds is 22. The van der Waals surface area contributed by atoms with E-state index in [1.165, 1.54) is 140 Å². The Morgan fingerprint density at radius 3 is 0.670 bits per heavy atom. The van der Waals surface area contributed by atoms with Crippen LogP contribution in [0.25, 0.3) is 68.8 Å². The second kappa shape index (κ2) is 35.5. The molecule has 0 heterocycles. The van der Waals surface area contributed by atoms with Gasteiger partial charge in [0, 0.05) is 35.4 Å². The van der Waals surface area contributed by atoms with E-state index >= 15 is 0 Å². The van der Waals surface area contributed by atoms with Gasteiger partial charge >= 0.3 is 26.2 Å². The van der Waals surface area contributed by atoms with Crippen molar-refractivity contribution in [3.8, 4) is 44.5 Å². The third-order valence-electron chi connectivity index (χ3n) is 24.3. The van der Waals surface area contributed by atoms with Crippen LogP contribution in [0.2, 0.25) is 25.2 Å². The fourth-order valence-corrected chi connectivity index (χ4v) is 31.1. The summed E-state index contributed by atoms with van der Waals surface area (Å²) in [5, 5.41) is 0. The Bertz CT molecular complexity index is 3990. The van der Waals surface area contributed by atoms with Crippen LogP contribution in [-0.4, -0.2) is 40.6 Å². The van der Waals surface area contributed by atoms with Crippen LogP contribution < -0.4 is 24.8 Å². The molecule has 109 heavy (non-hydrogen) atoms. The summed E-state index contributed by atoms with van der Waals surface area (Å²) in [6.07, 6.45) is 20.1. The van der Waals surface area contributed by atoms with Crippen molar-refractivity contribution in [1.82, 2.24) is 0 Å². The number of benzene rings is 8. The molecule has 0 saturated heterocycles. The van der Waals surface area contributed by atoms with Crippen LogP contribution in [0.3, 0.4) is 0 Å². The van der Waals surface area contributed by atoms with Gasteiger partial charge < -0.3 is 34.3 Å². The van der Waals surface area contributed by atoms with Crippen LogP contribution in [0.4, 0.5) is 0 Å². The minimum absolute atomic E-state index is 0.